The highest BCUT2D eigenvalue weighted by molar-refractivity contribution is 5.87. The Balaban J connectivity index is 2.04. The molecule has 2 rings (SSSR count). The highest BCUT2D eigenvalue weighted by Crippen LogP contribution is 2.14. The number of hydrogen-bond donors (Lipinski definition) is 1. The van der Waals surface area contributed by atoms with Crippen LogP contribution in [0.25, 0.3) is 0 Å². The van der Waals surface area contributed by atoms with Gasteiger partial charge in [-0.15, -0.1) is 0 Å². The van der Waals surface area contributed by atoms with Gasteiger partial charge in [0.15, 0.2) is 5.78 Å². The first-order valence-electron chi connectivity index (χ1n) is 6.61. The van der Waals surface area contributed by atoms with Gasteiger partial charge < -0.3 is 5.73 Å². The quantitative estimate of drug-likeness (QED) is 0.890. The molecule has 1 atom stereocenters. The molecule has 0 fully saturated rings. The molecule has 2 nitrogen and oxygen atoms in total. The van der Waals surface area contributed by atoms with Gasteiger partial charge in [-0.25, -0.2) is 0 Å². The maximum atomic E-state index is 12.1. The van der Waals surface area contributed by atoms with Crippen LogP contribution < -0.4 is 5.73 Å². The van der Waals surface area contributed by atoms with Gasteiger partial charge in [0, 0.05) is 6.42 Å². The Labute approximate surface area is 114 Å². The van der Waals surface area contributed by atoms with Crippen LogP contribution in [0.2, 0.25) is 0 Å². The Kier molecular flexibility index (Phi) is 4.48. The lowest BCUT2D eigenvalue weighted by molar-refractivity contribution is -0.119. The molecule has 0 radical (unpaired) electrons. The molecule has 0 aliphatic rings. The number of ketones is 1. The van der Waals surface area contributed by atoms with Crippen LogP contribution in [0.4, 0.5) is 0 Å². The molecule has 0 saturated heterocycles. The van der Waals surface area contributed by atoms with Crippen LogP contribution >= 0.6 is 0 Å². The number of hydrogen-bond acceptors (Lipinski definition) is 2. The van der Waals surface area contributed by atoms with Gasteiger partial charge in [-0.2, -0.15) is 0 Å². The van der Waals surface area contributed by atoms with E-state index in [2.05, 4.69) is 19.1 Å². The van der Waals surface area contributed by atoms with Crippen LogP contribution in [0.1, 0.15) is 29.7 Å². The molecule has 0 aliphatic heterocycles. The summed E-state index contributed by atoms with van der Waals surface area (Å²) in [5.41, 5.74) is 9.17. The summed E-state index contributed by atoms with van der Waals surface area (Å²) in [5, 5.41) is 0. The normalized spacial score (nSPS) is 12.1. The standard InChI is InChI=1S/C17H19NO/c1-2-13-8-10-14(11-9-13)12-16(19)17(18)15-6-4-3-5-7-15/h3-11,17H,2,12,18H2,1H3. The molecule has 0 saturated carbocycles. The van der Waals surface area contributed by atoms with E-state index >= 15 is 0 Å². The molecule has 1 unspecified atom stereocenters. The largest absolute Gasteiger partial charge is 0.318 e. The molecule has 0 spiro atoms. The number of carbonyl (C=O) groups excluding carboxylic acids is 1. The third-order valence-corrected chi connectivity index (χ3v) is 3.32. The van der Waals surface area contributed by atoms with Crippen molar-refractivity contribution in [1.29, 1.82) is 0 Å². The van der Waals surface area contributed by atoms with Crippen LogP contribution in [0.3, 0.4) is 0 Å². The van der Waals surface area contributed by atoms with Gasteiger partial charge in [0.2, 0.25) is 0 Å². The van der Waals surface area contributed by atoms with Gasteiger partial charge in [-0.05, 0) is 23.1 Å². The Hall–Kier alpha value is -1.93. The number of rotatable bonds is 5. The van der Waals surface area contributed by atoms with Crippen LogP contribution in [0, 0.1) is 0 Å². The number of benzene rings is 2. The first-order chi connectivity index (χ1) is 9.20. The van der Waals surface area contributed by atoms with E-state index in [-0.39, 0.29) is 5.78 Å². The van der Waals surface area contributed by atoms with E-state index in [1.807, 2.05) is 42.5 Å². The average molecular weight is 253 g/mol. The molecular formula is C17H19NO. The van der Waals surface area contributed by atoms with Gasteiger partial charge in [0.1, 0.15) is 0 Å². The average Bonchev–Trinajstić information content (AvgIpc) is 2.48. The van der Waals surface area contributed by atoms with Crippen molar-refractivity contribution in [2.75, 3.05) is 0 Å². The number of carbonyl (C=O) groups is 1. The van der Waals surface area contributed by atoms with E-state index in [0.29, 0.717) is 6.42 Å². The smallest absolute Gasteiger partial charge is 0.158 e. The number of Topliss-reactive ketones (excluding diaryl/α,β-unsaturated/α-hetero) is 1. The third kappa shape index (κ3) is 3.52. The third-order valence-electron chi connectivity index (χ3n) is 3.32. The summed E-state index contributed by atoms with van der Waals surface area (Å²) in [6.45, 7) is 2.12. The second kappa shape index (κ2) is 6.30. The topological polar surface area (TPSA) is 43.1 Å². The number of nitrogens with two attached hydrogens (primary N) is 1. The van der Waals surface area contributed by atoms with Crippen LogP contribution in [-0.4, -0.2) is 5.78 Å². The van der Waals surface area contributed by atoms with Crippen molar-refractivity contribution in [2.24, 2.45) is 5.73 Å². The van der Waals surface area contributed by atoms with Gasteiger partial charge in [-0.3, -0.25) is 4.79 Å². The molecule has 2 N–H and O–H groups in total. The second-order valence-corrected chi connectivity index (χ2v) is 4.70. The minimum absolute atomic E-state index is 0.0513. The van der Waals surface area contributed by atoms with Gasteiger partial charge >= 0.3 is 0 Å². The minimum Gasteiger partial charge on any atom is -0.318 e. The van der Waals surface area contributed by atoms with Crippen LogP contribution in [0.15, 0.2) is 54.6 Å². The molecule has 2 heteroatoms. The van der Waals surface area contributed by atoms with E-state index in [9.17, 15) is 4.79 Å². The Morgan fingerprint density at radius 1 is 1.00 bits per heavy atom. The summed E-state index contributed by atoms with van der Waals surface area (Å²) in [4.78, 5) is 12.1. The molecule has 2 aromatic carbocycles. The summed E-state index contributed by atoms with van der Waals surface area (Å²) in [5.74, 6) is 0.0513. The van der Waals surface area contributed by atoms with Crippen molar-refractivity contribution < 1.29 is 4.79 Å². The lowest BCUT2D eigenvalue weighted by Crippen LogP contribution is -2.23. The predicted octanol–water partition coefficient (Wildman–Crippen LogP) is 3.06. The monoisotopic (exact) mass is 253 g/mol. The predicted molar refractivity (Wildman–Crippen MR) is 77.9 cm³/mol. The Bertz CT molecular complexity index is 531. The van der Waals surface area contributed by atoms with E-state index in [0.717, 1.165) is 17.5 Å². The van der Waals surface area contributed by atoms with Gasteiger partial charge in [0.25, 0.3) is 0 Å². The zero-order valence-electron chi connectivity index (χ0n) is 11.2. The van der Waals surface area contributed by atoms with Crippen LogP contribution in [0.5, 0.6) is 0 Å². The molecule has 0 bridgehead atoms. The van der Waals surface area contributed by atoms with Crippen molar-refractivity contribution >= 4 is 5.78 Å². The van der Waals surface area contributed by atoms with Crippen molar-refractivity contribution in [2.45, 2.75) is 25.8 Å². The molecule has 0 heterocycles. The zero-order chi connectivity index (χ0) is 13.7. The van der Waals surface area contributed by atoms with Crippen molar-refractivity contribution in [1.82, 2.24) is 0 Å². The second-order valence-electron chi connectivity index (χ2n) is 4.70. The lowest BCUT2D eigenvalue weighted by Gasteiger charge is -2.11. The molecular weight excluding hydrogens is 234 g/mol. The van der Waals surface area contributed by atoms with Gasteiger partial charge in [0.05, 0.1) is 6.04 Å². The molecule has 0 aliphatic carbocycles. The summed E-state index contributed by atoms with van der Waals surface area (Å²) in [6, 6.07) is 17.1. The van der Waals surface area contributed by atoms with Crippen molar-refractivity contribution in [3.8, 4) is 0 Å². The fourth-order valence-electron chi connectivity index (χ4n) is 2.05. The zero-order valence-corrected chi connectivity index (χ0v) is 11.2. The van der Waals surface area contributed by atoms with E-state index in [1.165, 1.54) is 5.56 Å². The number of aryl methyl sites for hydroxylation is 1. The van der Waals surface area contributed by atoms with Crippen molar-refractivity contribution in [3.63, 3.8) is 0 Å². The molecule has 2 aromatic rings. The van der Waals surface area contributed by atoms with E-state index in [1.54, 1.807) is 0 Å². The highest BCUT2D eigenvalue weighted by Gasteiger charge is 2.15. The molecule has 0 amide bonds. The summed E-state index contributed by atoms with van der Waals surface area (Å²) >= 11 is 0. The molecule has 98 valence electrons. The maximum Gasteiger partial charge on any atom is 0.158 e. The SMILES string of the molecule is CCc1ccc(CC(=O)C(N)c2ccccc2)cc1. The highest BCUT2D eigenvalue weighted by atomic mass is 16.1. The van der Waals surface area contributed by atoms with E-state index in [4.69, 9.17) is 5.73 Å². The fourth-order valence-corrected chi connectivity index (χ4v) is 2.05. The van der Waals surface area contributed by atoms with Gasteiger partial charge in [-0.1, -0.05) is 61.5 Å². The summed E-state index contributed by atoms with van der Waals surface area (Å²) < 4.78 is 0. The lowest BCUT2D eigenvalue weighted by atomic mass is 9.98. The van der Waals surface area contributed by atoms with Crippen LogP contribution in [-0.2, 0) is 17.6 Å². The summed E-state index contributed by atoms with van der Waals surface area (Å²) in [6.07, 6.45) is 1.40. The van der Waals surface area contributed by atoms with Crippen molar-refractivity contribution in [3.05, 3.63) is 71.3 Å². The Morgan fingerprint density at radius 3 is 2.16 bits per heavy atom. The first kappa shape index (κ1) is 13.5. The molecule has 0 aromatic heterocycles. The fraction of sp³-hybridized carbons (Fsp3) is 0.235. The Morgan fingerprint density at radius 2 is 1.58 bits per heavy atom. The first-order valence-corrected chi connectivity index (χ1v) is 6.61. The maximum absolute atomic E-state index is 12.1. The van der Waals surface area contributed by atoms with E-state index < -0.39 is 6.04 Å². The minimum atomic E-state index is -0.535. The molecule has 19 heavy (non-hydrogen) atoms. The summed E-state index contributed by atoms with van der Waals surface area (Å²) in [7, 11) is 0.